The van der Waals surface area contributed by atoms with Gasteiger partial charge in [0.2, 0.25) is 0 Å². The van der Waals surface area contributed by atoms with Crippen LogP contribution in [0.1, 0.15) is 38.2 Å². The molecule has 0 amide bonds. The molecule has 0 bridgehead atoms. The third-order valence-corrected chi connectivity index (χ3v) is 5.17. The molecular formula is C19H29ClN2O. The molecule has 1 fully saturated rings. The first-order chi connectivity index (χ1) is 10.9. The summed E-state index contributed by atoms with van der Waals surface area (Å²) in [6.07, 6.45) is 2.35. The van der Waals surface area contributed by atoms with Crippen molar-refractivity contribution in [2.75, 3.05) is 33.7 Å². The summed E-state index contributed by atoms with van der Waals surface area (Å²) in [4.78, 5) is 17.5. The zero-order chi connectivity index (χ0) is 17.0. The number of hydrogen-bond donors (Lipinski definition) is 0. The van der Waals surface area contributed by atoms with Crippen LogP contribution in [0.3, 0.4) is 0 Å². The lowest BCUT2D eigenvalue weighted by Gasteiger charge is -2.36. The third kappa shape index (κ3) is 5.03. The Morgan fingerprint density at radius 1 is 1.22 bits per heavy atom. The number of nitrogens with zero attached hydrogens (tertiary/aromatic N) is 2. The fourth-order valence-electron chi connectivity index (χ4n) is 3.33. The minimum absolute atomic E-state index is 0.0509. The van der Waals surface area contributed by atoms with Gasteiger partial charge in [-0.3, -0.25) is 4.79 Å². The summed E-state index contributed by atoms with van der Waals surface area (Å²) in [5, 5.41) is 0.719. The van der Waals surface area contributed by atoms with Crippen molar-refractivity contribution in [3.63, 3.8) is 0 Å². The fraction of sp³-hybridized carbons (Fsp3) is 0.632. The first-order valence-corrected chi connectivity index (χ1v) is 8.94. The molecule has 0 unspecified atom stereocenters. The molecule has 4 heteroatoms. The Labute approximate surface area is 145 Å². The molecule has 1 aromatic carbocycles. The molecule has 0 aromatic heterocycles. The van der Waals surface area contributed by atoms with Crippen LogP contribution in [0.4, 0.5) is 0 Å². The second-order valence-corrected chi connectivity index (χ2v) is 7.59. The Balaban J connectivity index is 2.07. The highest BCUT2D eigenvalue weighted by molar-refractivity contribution is 6.30. The van der Waals surface area contributed by atoms with E-state index in [0.29, 0.717) is 11.8 Å². The van der Waals surface area contributed by atoms with Crippen molar-refractivity contribution in [3.05, 3.63) is 34.9 Å². The average Bonchev–Trinajstić information content (AvgIpc) is 2.53. The number of ketones is 1. The predicted molar refractivity (Wildman–Crippen MR) is 97.2 cm³/mol. The molecule has 23 heavy (non-hydrogen) atoms. The summed E-state index contributed by atoms with van der Waals surface area (Å²) >= 11 is 6.00. The van der Waals surface area contributed by atoms with Crippen LogP contribution < -0.4 is 0 Å². The number of piperidine rings is 1. The van der Waals surface area contributed by atoms with Crippen molar-refractivity contribution in [2.45, 2.75) is 38.6 Å². The van der Waals surface area contributed by atoms with Crippen molar-refractivity contribution < 1.29 is 4.79 Å². The SMILES string of the molecule is CC(C)C(=O)[C@H](CN1CCC(N(C)C)CC1)c1ccc(Cl)cc1. The van der Waals surface area contributed by atoms with Crippen LogP contribution in [0.15, 0.2) is 24.3 Å². The van der Waals surface area contributed by atoms with E-state index in [1.807, 2.05) is 38.1 Å². The summed E-state index contributed by atoms with van der Waals surface area (Å²) in [5.41, 5.74) is 1.09. The Bertz CT molecular complexity index is 505. The van der Waals surface area contributed by atoms with Crippen molar-refractivity contribution >= 4 is 17.4 Å². The second-order valence-electron chi connectivity index (χ2n) is 7.16. The van der Waals surface area contributed by atoms with Crippen LogP contribution >= 0.6 is 11.6 Å². The minimum Gasteiger partial charge on any atom is -0.306 e. The highest BCUT2D eigenvalue weighted by Gasteiger charge is 2.28. The smallest absolute Gasteiger partial charge is 0.144 e. The van der Waals surface area contributed by atoms with Gasteiger partial charge in [0, 0.05) is 23.5 Å². The lowest BCUT2D eigenvalue weighted by atomic mass is 9.88. The second kappa shape index (κ2) is 8.27. The molecule has 0 aliphatic carbocycles. The summed E-state index contributed by atoms with van der Waals surface area (Å²) in [6, 6.07) is 8.44. The van der Waals surface area contributed by atoms with E-state index in [2.05, 4.69) is 23.9 Å². The predicted octanol–water partition coefficient (Wildman–Crippen LogP) is 3.67. The van der Waals surface area contributed by atoms with E-state index in [4.69, 9.17) is 11.6 Å². The van der Waals surface area contributed by atoms with Crippen LogP contribution in [0.2, 0.25) is 5.02 Å². The van der Waals surface area contributed by atoms with Gasteiger partial charge in [-0.2, -0.15) is 0 Å². The maximum Gasteiger partial charge on any atom is 0.144 e. The van der Waals surface area contributed by atoms with E-state index in [-0.39, 0.29) is 11.8 Å². The van der Waals surface area contributed by atoms with E-state index >= 15 is 0 Å². The molecule has 0 spiro atoms. The van der Waals surface area contributed by atoms with E-state index in [0.717, 1.165) is 30.2 Å². The van der Waals surface area contributed by atoms with Gasteiger partial charge in [-0.05, 0) is 57.7 Å². The number of benzene rings is 1. The number of carbonyl (C=O) groups is 1. The van der Waals surface area contributed by atoms with Gasteiger partial charge in [0.1, 0.15) is 5.78 Å². The maximum absolute atomic E-state index is 12.7. The number of hydrogen-bond acceptors (Lipinski definition) is 3. The molecule has 1 heterocycles. The summed E-state index contributed by atoms with van der Waals surface area (Å²) < 4.78 is 0. The third-order valence-electron chi connectivity index (χ3n) is 4.91. The van der Waals surface area contributed by atoms with Gasteiger partial charge >= 0.3 is 0 Å². The Kier molecular flexibility index (Phi) is 6.63. The standard InChI is InChI=1S/C19H29ClN2O/c1-14(2)19(23)18(15-5-7-16(20)8-6-15)13-22-11-9-17(10-12-22)21(3)4/h5-8,14,17-18H,9-13H2,1-4H3/t18-/m1/s1. The van der Waals surface area contributed by atoms with Gasteiger partial charge in [-0.1, -0.05) is 37.6 Å². The minimum atomic E-state index is -0.0526. The van der Waals surface area contributed by atoms with Gasteiger partial charge in [-0.15, -0.1) is 0 Å². The Hall–Kier alpha value is -0.900. The van der Waals surface area contributed by atoms with Crippen molar-refractivity contribution in [2.24, 2.45) is 5.92 Å². The normalized spacial score (nSPS) is 18.6. The zero-order valence-corrected chi connectivity index (χ0v) is 15.5. The van der Waals surface area contributed by atoms with Crippen LogP contribution in [0, 0.1) is 5.92 Å². The molecule has 2 rings (SSSR count). The largest absolute Gasteiger partial charge is 0.306 e. The lowest BCUT2D eigenvalue weighted by Crippen LogP contribution is -2.44. The van der Waals surface area contributed by atoms with E-state index < -0.39 is 0 Å². The topological polar surface area (TPSA) is 23.6 Å². The number of halogens is 1. The van der Waals surface area contributed by atoms with Crippen molar-refractivity contribution in [3.8, 4) is 0 Å². The molecule has 1 aliphatic rings. The summed E-state index contributed by atoms with van der Waals surface area (Å²) in [5.74, 6) is 0.320. The van der Waals surface area contributed by atoms with E-state index in [9.17, 15) is 4.79 Å². The number of rotatable bonds is 6. The molecule has 3 nitrogen and oxygen atoms in total. The zero-order valence-electron chi connectivity index (χ0n) is 14.8. The average molecular weight is 337 g/mol. The molecule has 1 aliphatic heterocycles. The van der Waals surface area contributed by atoms with E-state index in [1.54, 1.807) is 0 Å². The molecule has 0 N–H and O–H groups in total. The summed E-state index contributed by atoms with van der Waals surface area (Å²) in [7, 11) is 4.30. The number of carbonyl (C=O) groups excluding carboxylic acids is 1. The quantitative estimate of drug-likeness (QED) is 0.791. The number of likely N-dealkylation sites (tertiary alicyclic amines) is 1. The highest BCUT2D eigenvalue weighted by atomic mass is 35.5. The van der Waals surface area contributed by atoms with Gasteiger partial charge in [0.05, 0.1) is 5.92 Å². The first-order valence-electron chi connectivity index (χ1n) is 8.56. The van der Waals surface area contributed by atoms with Gasteiger partial charge < -0.3 is 9.80 Å². The fourth-order valence-corrected chi connectivity index (χ4v) is 3.46. The van der Waals surface area contributed by atoms with Gasteiger partial charge in [0.25, 0.3) is 0 Å². The molecule has 128 valence electrons. The number of Topliss-reactive ketones (excluding diaryl/α,β-unsaturated/α-hetero) is 1. The summed E-state index contributed by atoms with van der Waals surface area (Å²) in [6.45, 7) is 6.93. The molecule has 0 saturated carbocycles. The van der Waals surface area contributed by atoms with Crippen LogP contribution in [-0.4, -0.2) is 55.4 Å². The molecule has 0 radical (unpaired) electrons. The van der Waals surface area contributed by atoms with Crippen LogP contribution in [0.25, 0.3) is 0 Å². The molecule has 1 aromatic rings. The molecular weight excluding hydrogens is 308 g/mol. The van der Waals surface area contributed by atoms with Crippen LogP contribution in [0.5, 0.6) is 0 Å². The van der Waals surface area contributed by atoms with E-state index in [1.165, 1.54) is 12.8 Å². The lowest BCUT2D eigenvalue weighted by molar-refractivity contribution is -0.123. The van der Waals surface area contributed by atoms with Crippen molar-refractivity contribution in [1.29, 1.82) is 0 Å². The first kappa shape index (κ1) is 18.4. The highest BCUT2D eigenvalue weighted by Crippen LogP contribution is 2.25. The Morgan fingerprint density at radius 3 is 2.26 bits per heavy atom. The molecule has 1 atom stereocenters. The van der Waals surface area contributed by atoms with Gasteiger partial charge in [0.15, 0.2) is 0 Å². The van der Waals surface area contributed by atoms with Crippen LogP contribution in [-0.2, 0) is 4.79 Å². The monoisotopic (exact) mass is 336 g/mol. The van der Waals surface area contributed by atoms with Gasteiger partial charge in [-0.25, -0.2) is 0 Å². The maximum atomic E-state index is 12.7. The van der Waals surface area contributed by atoms with Crippen molar-refractivity contribution in [1.82, 2.24) is 9.80 Å². The molecule has 1 saturated heterocycles. The Morgan fingerprint density at radius 2 is 1.78 bits per heavy atom.